The van der Waals surface area contributed by atoms with Crippen molar-refractivity contribution in [2.24, 2.45) is 7.05 Å². The molecule has 1 saturated heterocycles. The molecular weight excluding hydrogens is 334 g/mol. The Hall–Kier alpha value is -2.41. The van der Waals surface area contributed by atoms with Crippen molar-refractivity contribution >= 4 is 33.1 Å². The van der Waals surface area contributed by atoms with Crippen LogP contribution in [0.5, 0.6) is 0 Å². The van der Waals surface area contributed by atoms with Crippen molar-refractivity contribution in [3.8, 4) is 0 Å². The zero-order valence-corrected chi connectivity index (χ0v) is 15.2. The zero-order valence-electron chi connectivity index (χ0n) is 14.4. The van der Waals surface area contributed by atoms with E-state index in [1.165, 1.54) is 10.1 Å². The van der Waals surface area contributed by atoms with Gasteiger partial charge in [0.05, 0.1) is 12.5 Å². The van der Waals surface area contributed by atoms with Crippen molar-refractivity contribution in [2.75, 3.05) is 25.0 Å². The van der Waals surface area contributed by atoms with E-state index in [0.29, 0.717) is 5.69 Å². The Kier molecular flexibility index (Phi) is 4.17. The Morgan fingerprint density at radius 3 is 2.84 bits per heavy atom. The van der Waals surface area contributed by atoms with E-state index >= 15 is 0 Å². The SMILES string of the molecule is CN(C(=O)c1cncn1C)C1CCN(c2nccc3sccc23)CC1. The molecule has 4 heterocycles. The normalized spacial score (nSPS) is 15.7. The molecule has 1 aliphatic heterocycles. The molecule has 6 nitrogen and oxygen atoms in total. The summed E-state index contributed by atoms with van der Waals surface area (Å²) in [6.45, 7) is 1.82. The first-order valence-electron chi connectivity index (χ1n) is 8.46. The fraction of sp³-hybridized carbons (Fsp3) is 0.389. The minimum Gasteiger partial charge on any atom is -0.356 e. The maximum Gasteiger partial charge on any atom is 0.272 e. The number of carbonyl (C=O) groups excluding carboxylic acids is 1. The van der Waals surface area contributed by atoms with Gasteiger partial charge in [0, 0.05) is 49.5 Å². The number of amides is 1. The molecule has 4 rings (SSSR count). The van der Waals surface area contributed by atoms with Crippen LogP contribution in [0.15, 0.2) is 36.2 Å². The first-order valence-corrected chi connectivity index (χ1v) is 9.34. The van der Waals surface area contributed by atoms with Crippen LogP contribution in [0.2, 0.25) is 0 Å². The number of thiophene rings is 1. The van der Waals surface area contributed by atoms with Crippen molar-refractivity contribution in [3.05, 3.63) is 41.9 Å². The van der Waals surface area contributed by atoms with E-state index in [4.69, 9.17) is 0 Å². The van der Waals surface area contributed by atoms with Gasteiger partial charge in [-0.1, -0.05) is 0 Å². The monoisotopic (exact) mass is 355 g/mol. The lowest BCUT2D eigenvalue weighted by molar-refractivity contribution is 0.0699. The van der Waals surface area contributed by atoms with Crippen molar-refractivity contribution < 1.29 is 4.79 Å². The fourth-order valence-electron chi connectivity index (χ4n) is 3.51. The van der Waals surface area contributed by atoms with Crippen LogP contribution in [0.25, 0.3) is 10.1 Å². The van der Waals surface area contributed by atoms with Gasteiger partial charge in [0.2, 0.25) is 0 Å². The maximum absolute atomic E-state index is 12.7. The van der Waals surface area contributed by atoms with Crippen LogP contribution in [-0.4, -0.2) is 51.5 Å². The third-order valence-corrected chi connectivity index (χ3v) is 5.91. The van der Waals surface area contributed by atoms with Crippen molar-refractivity contribution in [1.29, 1.82) is 0 Å². The van der Waals surface area contributed by atoms with E-state index in [-0.39, 0.29) is 11.9 Å². The van der Waals surface area contributed by atoms with Gasteiger partial charge >= 0.3 is 0 Å². The summed E-state index contributed by atoms with van der Waals surface area (Å²) in [5.41, 5.74) is 0.634. The molecule has 0 aromatic carbocycles. The Bertz CT molecular complexity index is 894. The van der Waals surface area contributed by atoms with Crippen LogP contribution in [0, 0.1) is 0 Å². The predicted molar refractivity (Wildman–Crippen MR) is 100 cm³/mol. The first-order chi connectivity index (χ1) is 12.1. The molecule has 1 fully saturated rings. The van der Waals surface area contributed by atoms with Gasteiger partial charge in [0.1, 0.15) is 11.5 Å². The van der Waals surface area contributed by atoms with Crippen LogP contribution < -0.4 is 4.90 Å². The van der Waals surface area contributed by atoms with E-state index < -0.39 is 0 Å². The number of aromatic nitrogens is 3. The number of hydrogen-bond donors (Lipinski definition) is 0. The molecule has 0 N–H and O–H groups in total. The summed E-state index contributed by atoms with van der Waals surface area (Å²) in [7, 11) is 3.75. The quantitative estimate of drug-likeness (QED) is 0.725. The Balaban J connectivity index is 1.45. The number of anilines is 1. The van der Waals surface area contributed by atoms with E-state index in [9.17, 15) is 4.79 Å². The van der Waals surface area contributed by atoms with Gasteiger partial charge in [-0.3, -0.25) is 4.79 Å². The zero-order chi connectivity index (χ0) is 17.4. The van der Waals surface area contributed by atoms with Gasteiger partial charge < -0.3 is 14.4 Å². The van der Waals surface area contributed by atoms with Crippen LogP contribution in [-0.2, 0) is 7.05 Å². The lowest BCUT2D eigenvalue weighted by Gasteiger charge is -2.37. The van der Waals surface area contributed by atoms with Gasteiger partial charge in [-0.2, -0.15) is 0 Å². The number of aryl methyl sites for hydroxylation is 1. The molecule has 1 aliphatic rings. The van der Waals surface area contributed by atoms with Crippen LogP contribution >= 0.6 is 11.3 Å². The Labute approximate surface area is 150 Å². The average Bonchev–Trinajstić information content (AvgIpc) is 3.29. The molecule has 0 spiro atoms. The Morgan fingerprint density at radius 2 is 2.12 bits per heavy atom. The van der Waals surface area contributed by atoms with Crippen LogP contribution in [0.4, 0.5) is 5.82 Å². The Morgan fingerprint density at radius 1 is 1.32 bits per heavy atom. The minimum absolute atomic E-state index is 0.0384. The molecule has 0 bridgehead atoms. The van der Waals surface area contributed by atoms with Gasteiger partial charge in [-0.05, 0) is 30.4 Å². The van der Waals surface area contributed by atoms with Crippen molar-refractivity contribution in [3.63, 3.8) is 0 Å². The number of piperidine rings is 1. The van der Waals surface area contributed by atoms with Crippen LogP contribution in [0.3, 0.4) is 0 Å². The standard InChI is InChI=1S/C18H21N5OS/c1-21-12-19-11-15(21)18(24)22(2)13-4-8-23(9-5-13)17-14-6-10-25-16(14)3-7-20-17/h3,6-7,10-13H,4-5,8-9H2,1-2H3. The summed E-state index contributed by atoms with van der Waals surface area (Å²) >= 11 is 1.75. The number of nitrogens with zero attached hydrogens (tertiary/aromatic N) is 5. The number of imidazole rings is 1. The number of hydrogen-bond acceptors (Lipinski definition) is 5. The highest BCUT2D eigenvalue weighted by Gasteiger charge is 2.28. The van der Waals surface area contributed by atoms with E-state index in [2.05, 4.69) is 32.4 Å². The molecule has 130 valence electrons. The molecule has 3 aromatic rings. The predicted octanol–water partition coefficient (Wildman–Crippen LogP) is 2.77. The van der Waals surface area contributed by atoms with Gasteiger partial charge in [0.25, 0.3) is 5.91 Å². The summed E-state index contributed by atoms with van der Waals surface area (Å²) in [5.74, 6) is 1.11. The van der Waals surface area contributed by atoms with Gasteiger partial charge in [-0.25, -0.2) is 9.97 Å². The topological polar surface area (TPSA) is 54.3 Å². The van der Waals surface area contributed by atoms with Gasteiger partial charge in [0.15, 0.2) is 0 Å². The minimum atomic E-state index is 0.0384. The second kappa shape index (κ2) is 6.48. The number of rotatable bonds is 3. The lowest BCUT2D eigenvalue weighted by atomic mass is 10.0. The molecule has 7 heteroatoms. The molecule has 0 saturated carbocycles. The van der Waals surface area contributed by atoms with Crippen molar-refractivity contribution in [2.45, 2.75) is 18.9 Å². The van der Waals surface area contributed by atoms with E-state index in [1.807, 2.05) is 25.2 Å². The highest BCUT2D eigenvalue weighted by atomic mass is 32.1. The molecule has 3 aromatic heterocycles. The molecule has 25 heavy (non-hydrogen) atoms. The summed E-state index contributed by atoms with van der Waals surface area (Å²) in [6.07, 6.45) is 7.08. The highest BCUT2D eigenvalue weighted by molar-refractivity contribution is 7.17. The van der Waals surface area contributed by atoms with E-state index in [0.717, 1.165) is 31.7 Å². The largest absolute Gasteiger partial charge is 0.356 e. The second-order valence-corrected chi connectivity index (χ2v) is 7.44. The first kappa shape index (κ1) is 16.1. The molecule has 0 unspecified atom stereocenters. The molecule has 1 amide bonds. The second-order valence-electron chi connectivity index (χ2n) is 6.49. The number of fused-ring (bicyclic) bond motifs is 1. The molecular formula is C18H21N5OS. The van der Waals surface area contributed by atoms with E-state index in [1.54, 1.807) is 28.4 Å². The van der Waals surface area contributed by atoms with Crippen LogP contribution in [0.1, 0.15) is 23.3 Å². The highest BCUT2D eigenvalue weighted by Crippen LogP contribution is 2.30. The number of pyridine rings is 1. The maximum atomic E-state index is 12.7. The molecule has 0 radical (unpaired) electrons. The molecule has 0 aliphatic carbocycles. The summed E-state index contributed by atoms with van der Waals surface area (Å²) in [5, 5.41) is 3.34. The summed E-state index contributed by atoms with van der Waals surface area (Å²) in [6, 6.07) is 4.46. The summed E-state index contributed by atoms with van der Waals surface area (Å²) in [4.78, 5) is 25.5. The summed E-state index contributed by atoms with van der Waals surface area (Å²) < 4.78 is 3.05. The van der Waals surface area contributed by atoms with Crippen molar-refractivity contribution in [1.82, 2.24) is 19.4 Å². The smallest absolute Gasteiger partial charge is 0.272 e. The molecule has 0 atom stereocenters. The lowest BCUT2D eigenvalue weighted by Crippen LogP contribution is -2.46. The fourth-order valence-corrected chi connectivity index (χ4v) is 4.28. The third-order valence-electron chi connectivity index (χ3n) is 5.03. The average molecular weight is 355 g/mol. The van der Waals surface area contributed by atoms with Gasteiger partial charge in [-0.15, -0.1) is 11.3 Å². The number of carbonyl (C=O) groups is 1. The third kappa shape index (κ3) is 2.89.